The zero-order chi connectivity index (χ0) is 16.0. The largest absolute Gasteiger partial charge is 0.353 e. The summed E-state index contributed by atoms with van der Waals surface area (Å²) in [6, 6.07) is 1.12. The summed E-state index contributed by atoms with van der Waals surface area (Å²) in [7, 11) is -3.52. The van der Waals surface area contributed by atoms with Gasteiger partial charge in [-0.25, -0.2) is 13.1 Å². The van der Waals surface area contributed by atoms with Crippen molar-refractivity contribution < 1.29 is 13.2 Å². The van der Waals surface area contributed by atoms with Gasteiger partial charge in [-0.3, -0.25) is 4.79 Å². The van der Waals surface area contributed by atoms with Crippen LogP contribution in [0.5, 0.6) is 0 Å². The van der Waals surface area contributed by atoms with Crippen LogP contribution in [0.4, 0.5) is 0 Å². The maximum atomic E-state index is 12.1. The molecule has 0 saturated heterocycles. The molecule has 1 atom stereocenters. The Balaban J connectivity index is 2.45. The molecule has 1 amide bonds. The van der Waals surface area contributed by atoms with E-state index >= 15 is 0 Å². The fourth-order valence-corrected chi connectivity index (χ4v) is 4.48. The van der Waals surface area contributed by atoms with Crippen LogP contribution in [0.2, 0.25) is 0 Å². The first-order valence-corrected chi connectivity index (χ1v) is 9.18. The van der Waals surface area contributed by atoms with E-state index in [1.807, 2.05) is 13.8 Å². The van der Waals surface area contributed by atoms with Crippen molar-refractivity contribution in [1.29, 1.82) is 0 Å². The highest BCUT2D eigenvalue weighted by atomic mass is 32.2. The number of aryl methyl sites for hydroxylation is 2. The highest BCUT2D eigenvalue weighted by Gasteiger charge is 2.18. The van der Waals surface area contributed by atoms with E-state index in [1.165, 1.54) is 11.3 Å². The lowest BCUT2D eigenvalue weighted by Gasteiger charge is -2.11. The normalized spacial score (nSPS) is 13.1. The highest BCUT2D eigenvalue weighted by Crippen LogP contribution is 2.24. The molecule has 1 heterocycles. The number of thiophene rings is 1. The standard InChI is InChI=1S/C13H23N3O3S2/c1-4-5-11(14)13(17)15-6-7-16-21(18,19)12-8-9(2)20-10(12)3/h8,11,16H,4-7,14H2,1-3H3,(H,15,17). The average Bonchev–Trinajstić information content (AvgIpc) is 2.74. The summed E-state index contributed by atoms with van der Waals surface area (Å²) in [6.45, 7) is 5.95. The quantitative estimate of drug-likeness (QED) is 0.615. The van der Waals surface area contributed by atoms with E-state index in [0.29, 0.717) is 11.3 Å². The Bertz CT molecular complexity index is 581. The van der Waals surface area contributed by atoms with Crippen LogP contribution in [0.15, 0.2) is 11.0 Å². The number of carbonyl (C=O) groups excluding carboxylic acids is 1. The third-order valence-corrected chi connectivity index (χ3v) is 5.62. The van der Waals surface area contributed by atoms with Crippen molar-refractivity contribution in [1.82, 2.24) is 10.0 Å². The SMILES string of the molecule is CCCC(N)C(=O)NCCNS(=O)(=O)c1cc(C)sc1C. The van der Waals surface area contributed by atoms with Gasteiger partial charge in [-0.05, 0) is 26.3 Å². The van der Waals surface area contributed by atoms with Crippen LogP contribution in [0.3, 0.4) is 0 Å². The molecule has 0 aliphatic carbocycles. The van der Waals surface area contributed by atoms with Crippen LogP contribution in [-0.4, -0.2) is 33.5 Å². The smallest absolute Gasteiger partial charge is 0.241 e. The maximum absolute atomic E-state index is 12.1. The van der Waals surface area contributed by atoms with Gasteiger partial charge in [0.2, 0.25) is 15.9 Å². The predicted molar refractivity (Wildman–Crippen MR) is 84.9 cm³/mol. The molecule has 0 fully saturated rings. The number of nitrogens with two attached hydrogens (primary N) is 1. The minimum Gasteiger partial charge on any atom is -0.353 e. The number of amides is 1. The molecule has 1 aromatic rings. The van der Waals surface area contributed by atoms with E-state index in [0.717, 1.165) is 16.2 Å². The van der Waals surface area contributed by atoms with E-state index in [-0.39, 0.29) is 19.0 Å². The number of sulfonamides is 1. The summed E-state index contributed by atoms with van der Waals surface area (Å²) in [5.74, 6) is -0.251. The van der Waals surface area contributed by atoms with Crippen molar-refractivity contribution in [3.63, 3.8) is 0 Å². The van der Waals surface area contributed by atoms with Gasteiger partial charge in [0, 0.05) is 22.8 Å². The molecule has 0 aliphatic rings. The highest BCUT2D eigenvalue weighted by molar-refractivity contribution is 7.89. The lowest BCUT2D eigenvalue weighted by Crippen LogP contribution is -2.43. The fourth-order valence-electron chi connectivity index (χ4n) is 1.90. The third kappa shape index (κ3) is 5.39. The second-order valence-electron chi connectivity index (χ2n) is 4.86. The zero-order valence-corrected chi connectivity index (χ0v) is 14.2. The molecule has 1 unspecified atom stereocenters. The Morgan fingerprint density at radius 2 is 2.05 bits per heavy atom. The molecule has 6 nitrogen and oxygen atoms in total. The lowest BCUT2D eigenvalue weighted by atomic mass is 10.2. The molecule has 1 aromatic heterocycles. The van der Waals surface area contributed by atoms with Gasteiger partial charge in [0.15, 0.2) is 0 Å². The van der Waals surface area contributed by atoms with Gasteiger partial charge in [-0.2, -0.15) is 0 Å². The first-order valence-electron chi connectivity index (χ1n) is 6.88. The minimum absolute atomic E-state index is 0.140. The molecule has 0 spiro atoms. The topological polar surface area (TPSA) is 101 Å². The van der Waals surface area contributed by atoms with E-state index in [4.69, 9.17) is 5.73 Å². The monoisotopic (exact) mass is 333 g/mol. The zero-order valence-electron chi connectivity index (χ0n) is 12.6. The maximum Gasteiger partial charge on any atom is 0.241 e. The van der Waals surface area contributed by atoms with Crippen molar-refractivity contribution in [2.24, 2.45) is 5.73 Å². The van der Waals surface area contributed by atoms with Crippen molar-refractivity contribution in [3.8, 4) is 0 Å². The molecule has 120 valence electrons. The summed E-state index contributed by atoms with van der Waals surface area (Å²) >= 11 is 1.44. The molecule has 0 aromatic carbocycles. The molecule has 1 rings (SSSR count). The third-order valence-electron chi connectivity index (χ3n) is 2.94. The lowest BCUT2D eigenvalue weighted by molar-refractivity contribution is -0.122. The van der Waals surface area contributed by atoms with E-state index < -0.39 is 16.1 Å². The van der Waals surface area contributed by atoms with Crippen LogP contribution >= 0.6 is 11.3 Å². The Morgan fingerprint density at radius 1 is 1.38 bits per heavy atom. The summed E-state index contributed by atoms with van der Waals surface area (Å²) < 4.78 is 26.7. The predicted octanol–water partition coefficient (Wildman–Crippen LogP) is 0.887. The molecular weight excluding hydrogens is 310 g/mol. The van der Waals surface area contributed by atoms with Crippen LogP contribution in [-0.2, 0) is 14.8 Å². The summed E-state index contributed by atoms with van der Waals surface area (Å²) in [6.07, 6.45) is 1.45. The van der Waals surface area contributed by atoms with Gasteiger partial charge in [0.05, 0.1) is 10.9 Å². The Morgan fingerprint density at radius 3 is 2.57 bits per heavy atom. The van der Waals surface area contributed by atoms with Crippen LogP contribution < -0.4 is 15.8 Å². The number of hydrogen-bond donors (Lipinski definition) is 3. The molecule has 21 heavy (non-hydrogen) atoms. The minimum atomic E-state index is -3.52. The number of hydrogen-bond acceptors (Lipinski definition) is 5. The molecule has 0 bridgehead atoms. The van der Waals surface area contributed by atoms with E-state index in [9.17, 15) is 13.2 Å². The first kappa shape index (κ1) is 18.1. The first-order chi connectivity index (χ1) is 9.77. The van der Waals surface area contributed by atoms with Crippen LogP contribution in [0, 0.1) is 13.8 Å². The number of rotatable bonds is 8. The Hall–Kier alpha value is -0.960. The van der Waals surface area contributed by atoms with Gasteiger partial charge < -0.3 is 11.1 Å². The second kappa shape index (κ2) is 7.88. The molecule has 8 heteroatoms. The average molecular weight is 333 g/mol. The van der Waals surface area contributed by atoms with Crippen LogP contribution in [0.1, 0.15) is 29.5 Å². The number of nitrogens with one attached hydrogen (secondary N) is 2. The van der Waals surface area contributed by atoms with Crippen molar-refractivity contribution in [3.05, 3.63) is 15.8 Å². The Labute approximate surface area is 130 Å². The van der Waals surface area contributed by atoms with Crippen LogP contribution in [0.25, 0.3) is 0 Å². The van der Waals surface area contributed by atoms with Crippen molar-refractivity contribution in [2.75, 3.05) is 13.1 Å². The molecular formula is C13H23N3O3S2. The molecule has 0 radical (unpaired) electrons. The molecule has 4 N–H and O–H groups in total. The second-order valence-corrected chi connectivity index (χ2v) is 8.06. The van der Waals surface area contributed by atoms with E-state index in [2.05, 4.69) is 10.0 Å². The fraction of sp³-hybridized carbons (Fsp3) is 0.615. The summed E-state index contributed by atoms with van der Waals surface area (Å²) in [5, 5.41) is 2.62. The summed E-state index contributed by atoms with van der Waals surface area (Å²) in [5.41, 5.74) is 5.66. The van der Waals surface area contributed by atoms with Gasteiger partial charge in [-0.1, -0.05) is 13.3 Å². The van der Waals surface area contributed by atoms with Gasteiger partial charge >= 0.3 is 0 Å². The summed E-state index contributed by atoms with van der Waals surface area (Å²) in [4.78, 5) is 13.6. The molecule has 0 saturated carbocycles. The Kier molecular flexibility index (Phi) is 6.79. The molecule has 0 aliphatic heterocycles. The van der Waals surface area contributed by atoms with E-state index in [1.54, 1.807) is 13.0 Å². The number of carbonyl (C=O) groups is 1. The van der Waals surface area contributed by atoms with Gasteiger partial charge in [0.1, 0.15) is 0 Å². The van der Waals surface area contributed by atoms with Gasteiger partial charge in [-0.15, -0.1) is 11.3 Å². The van der Waals surface area contributed by atoms with Crippen molar-refractivity contribution in [2.45, 2.75) is 44.6 Å². The van der Waals surface area contributed by atoms with Gasteiger partial charge in [0.25, 0.3) is 0 Å². The van der Waals surface area contributed by atoms with Crippen molar-refractivity contribution >= 4 is 27.3 Å².